The Morgan fingerprint density at radius 2 is 2.05 bits per heavy atom. The molecule has 0 aliphatic carbocycles. The number of anilines is 1. The van der Waals surface area contributed by atoms with Gasteiger partial charge in [-0.1, -0.05) is 28.1 Å². The Kier molecular flexibility index (Phi) is 3.84. The van der Waals surface area contributed by atoms with E-state index in [0.717, 1.165) is 10.0 Å². The number of halogens is 1. The van der Waals surface area contributed by atoms with Gasteiger partial charge in [0, 0.05) is 15.7 Å². The first-order chi connectivity index (χ1) is 10.4. The standard InChI is InChI=1S/C16H15BBrNO3/c1-16(2)13-7-6-12(9-14(13)17(21)22-16)19-15(20)10-4-3-5-11(18)8-10/h3-9,21H,1-2H3,(H,19,20). The molecule has 3 rings (SSSR count). The summed E-state index contributed by atoms with van der Waals surface area (Å²) in [6.07, 6.45) is 0. The fourth-order valence-corrected chi connectivity index (χ4v) is 3.03. The molecule has 1 aliphatic rings. The molecule has 1 heterocycles. The summed E-state index contributed by atoms with van der Waals surface area (Å²) < 4.78 is 6.36. The summed E-state index contributed by atoms with van der Waals surface area (Å²) in [5, 5.41) is 12.8. The zero-order valence-corrected chi connectivity index (χ0v) is 13.8. The number of amides is 1. The van der Waals surface area contributed by atoms with Gasteiger partial charge in [0.25, 0.3) is 5.91 Å². The van der Waals surface area contributed by atoms with Crippen molar-refractivity contribution in [1.29, 1.82) is 0 Å². The third-order valence-electron chi connectivity index (χ3n) is 3.72. The minimum atomic E-state index is -0.965. The summed E-state index contributed by atoms with van der Waals surface area (Å²) in [6, 6.07) is 12.6. The molecule has 2 aromatic carbocycles. The van der Waals surface area contributed by atoms with E-state index in [9.17, 15) is 9.82 Å². The Morgan fingerprint density at radius 3 is 2.77 bits per heavy atom. The van der Waals surface area contributed by atoms with Crippen molar-refractivity contribution in [2.45, 2.75) is 19.4 Å². The summed E-state index contributed by atoms with van der Waals surface area (Å²) >= 11 is 3.35. The van der Waals surface area contributed by atoms with Crippen LogP contribution in [0, 0.1) is 0 Å². The van der Waals surface area contributed by atoms with Crippen LogP contribution < -0.4 is 10.8 Å². The van der Waals surface area contributed by atoms with Crippen LogP contribution in [-0.2, 0) is 10.3 Å². The average Bonchev–Trinajstić information content (AvgIpc) is 2.68. The van der Waals surface area contributed by atoms with Crippen LogP contribution in [0.4, 0.5) is 5.69 Å². The lowest BCUT2D eigenvalue weighted by Gasteiger charge is -2.19. The fourth-order valence-electron chi connectivity index (χ4n) is 2.63. The van der Waals surface area contributed by atoms with Gasteiger partial charge in [-0.05, 0) is 55.2 Å². The van der Waals surface area contributed by atoms with E-state index in [4.69, 9.17) is 4.65 Å². The van der Waals surface area contributed by atoms with Crippen molar-refractivity contribution >= 4 is 40.1 Å². The highest BCUT2D eigenvalue weighted by Crippen LogP contribution is 2.30. The Labute approximate surface area is 137 Å². The number of carbonyl (C=O) groups excluding carboxylic acids is 1. The first kappa shape index (κ1) is 15.3. The highest BCUT2D eigenvalue weighted by atomic mass is 79.9. The number of carbonyl (C=O) groups is 1. The molecule has 4 nitrogen and oxygen atoms in total. The molecule has 0 fully saturated rings. The van der Waals surface area contributed by atoms with Crippen molar-refractivity contribution in [3.05, 3.63) is 58.1 Å². The second-order valence-electron chi connectivity index (χ2n) is 5.75. The van der Waals surface area contributed by atoms with E-state index in [-0.39, 0.29) is 5.91 Å². The Balaban J connectivity index is 1.86. The van der Waals surface area contributed by atoms with Crippen LogP contribution >= 0.6 is 15.9 Å². The van der Waals surface area contributed by atoms with Gasteiger partial charge in [-0.2, -0.15) is 0 Å². The minimum Gasteiger partial charge on any atom is -0.423 e. The van der Waals surface area contributed by atoms with Gasteiger partial charge < -0.3 is 15.0 Å². The number of hydrogen-bond acceptors (Lipinski definition) is 3. The molecule has 112 valence electrons. The molecule has 2 N–H and O–H groups in total. The fraction of sp³-hybridized carbons (Fsp3) is 0.188. The molecule has 1 aliphatic heterocycles. The van der Waals surface area contributed by atoms with E-state index in [1.807, 2.05) is 38.1 Å². The van der Waals surface area contributed by atoms with Crippen molar-refractivity contribution in [3.63, 3.8) is 0 Å². The van der Waals surface area contributed by atoms with E-state index < -0.39 is 12.7 Å². The highest BCUT2D eigenvalue weighted by Gasteiger charge is 2.40. The molecule has 0 saturated carbocycles. The van der Waals surface area contributed by atoms with E-state index in [1.165, 1.54) is 0 Å². The molecule has 1 amide bonds. The van der Waals surface area contributed by atoms with Gasteiger partial charge in [-0.15, -0.1) is 0 Å². The normalized spacial score (nSPS) is 15.5. The number of nitrogens with one attached hydrogen (secondary N) is 1. The van der Waals surface area contributed by atoms with Gasteiger partial charge in [0.2, 0.25) is 0 Å². The maximum absolute atomic E-state index is 12.2. The SMILES string of the molecule is CC1(C)OB(O)c2cc(NC(=O)c3cccc(Br)c3)ccc21. The van der Waals surface area contributed by atoms with Crippen LogP contribution in [0.15, 0.2) is 46.9 Å². The van der Waals surface area contributed by atoms with E-state index in [2.05, 4.69) is 21.2 Å². The van der Waals surface area contributed by atoms with Gasteiger partial charge in [0.15, 0.2) is 0 Å². The summed E-state index contributed by atoms with van der Waals surface area (Å²) in [5.74, 6) is -0.200. The van der Waals surface area contributed by atoms with Crippen molar-refractivity contribution in [3.8, 4) is 0 Å². The summed E-state index contributed by atoms with van der Waals surface area (Å²) in [7, 11) is -0.965. The van der Waals surface area contributed by atoms with Gasteiger partial charge in [0.05, 0.1) is 5.60 Å². The third-order valence-corrected chi connectivity index (χ3v) is 4.21. The lowest BCUT2D eigenvalue weighted by atomic mass is 9.78. The number of hydrogen-bond donors (Lipinski definition) is 2. The monoisotopic (exact) mass is 359 g/mol. The van der Waals surface area contributed by atoms with Crippen LogP contribution in [0.25, 0.3) is 0 Å². The molecule has 0 unspecified atom stereocenters. The van der Waals surface area contributed by atoms with Gasteiger partial charge >= 0.3 is 7.12 Å². The van der Waals surface area contributed by atoms with Gasteiger partial charge in [-0.3, -0.25) is 4.79 Å². The maximum atomic E-state index is 12.2. The number of rotatable bonds is 2. The van der Waals surface area contributed by atoms with Gasteiger partial charge in [0.1, 0.15) is 0 Å². The summed E-state index contributed by atoms with van der Waals surface area (Å²) in [4.78, 5) is 12.2. The third kappa shape index (κ3) is 2.82. The van der Waals surface area contributed by atoms with Crippen molar-refractivity contribution < 1.29 is 14.5 Å². The number of benzene rings is 2. The van der Waals surface area contributed by atoms with Gasteiger partial charge in [-0.25, -0.2) is 0 Å². The molecule has 0 spiro atoms. The summed E-state index contributed by atoms with van der Waals surface area (Å²) in [5.41, 5.74) is 2.29. The second kappa shape index (κ2) is 5.54. The quantitative estimate of drug-likeness (QED) is 0.810. The Hall–Kier alpha value is -1.63. The van der Waals surface area contributed by atoms with Crippen LogP contribution in [0.2, 0.25) is 0 Å². The zero-order chi connectivity index (χ0) is 15.9. The van der Waals surface area contributed by atoms with E-state index in [1.54, 1.807) is 18.2 Å². The molecule has 0 radical (unpaired) electrons. The molecule has 0 bridgehead atoms. The topological polar surface area (TPSA) is 58.6 Å². The van der Waals surface area contributed by atoms with Crippen molar-refractivity contribution in [2.24, 2.45) is 0 Å². The average molecular weight is 360 g/mol. The largest absolute Gasteiger partial charge is 0.492 e. The molecule has 0 saturated heterocycles. The predicted octanol–water partition coefficient (Wildman–Crippen LogP) is 2.65. The van der Waals surface area contributed by atoms with Crippen LogP contribution in [0.1, 0.15) is 29.8 Å². The zero-order valence-electron chi connectivity index (χ0n) is 12.3. The van der Waals surface area contributed by atoms with Crippen LogP contribution in [0.5, 0.6) is 0 Å². The highest BCUT2D eigenvalue weighted by molar-refractivity contribution is 9.10. The maximum Gasteiger partial charge on any atom is 0.492 e. The predicted molar refractivity (Wildman–Crippen MR) is 90.3 cm³/mol. The first-order valence-corrected chi connectivity index (χ1v) is 7.73. The Morgan fingerprint density at radius 1 is 1.27 bits per heavy atom. The van der Waals surface area contributed by atoms with Crippen LogP contribution in [0.3, 0.4) is 0 Å². The molecule has 22 heavy (non-hydrogen) atoms. The van der Waals surface area contributed by atoms with E-state index in [0.29, 0.717) is 16.7 Å². The van der Waals surface area contributed by atoms with E-state index >= 15 is 0 Å². The lowest BCUT2D eigenvalue weighted by molar-refractivity contribution is 0.101. The van der Waals surface area contributed by atoms with Crippen molar-refractivity contribution in [2.75, 3.05) is 5.32 Å². The summed E-state index contributed by atoms with van der Waals surface area (Å²) in [6.45, 7) is 3.81. The van der Waals surface area contributed by atoms with Crippen LogP contribution in [-0.4, -0.2) is 18.0 Å². The Bertz CT molecular complexity index is 748. The first-order valence-electron chi connectivity index (χ1n) is 6.94. The molecule has 0 aromatic heterocycles. The minimum absolute atomic E-state index is 0.200. The smallest absolute Gasteiger partial charge is 0.423 e. The molecule has 6 heteroatoms. The number of fused-ring (bicyclic) bond motifs is 1. The lowest BCUT2D eigenvalue weighted by Crippen LogP contribution is -2.29. The second-order valence-corrected chi connectivity index (χ2v) is 6.66. The molecular weight excluding hydrogens is 345 g/mol. The molecule has 0 atom stereocenters. The van der Waals surface area contributed by atoms with Crippen molar-refractivity contribution in [1.82, 2.24) is 0 Å². The molecular formula is C16H15BBrNO3. The molecule has 2 aromatic rings.